The van der Waals surface area contributed by atoms with Crippen LogP contribution in [0, 0.1) is 12.8 Å². The maximum Gasteiger partial charge on any atom is 0.261 e. The lowest BCUT2D eigenvalue weighted by atomic mass is 9.77. The molecule has 5 nitrogen and oxygen atoms in total. The van der Waals surface area contributed by atoms with Gasteiger partial charge in [0, 0.05) is 17.3 Å². The number of benzene rings is 3. The lowest BCUT2D eigenvalue weighted by molar-refractivity contribution is 0.340. The molecule has 3 aromatic carbocycles. The van der Waals surface area contributed by atoms with Crippen LogP contribution in [-0.4, -0.2) is 15.0 Å². The summed E-state index contributed by atoms with van der Waals surface area (Å²) in [5.41, 5.74) is 5.05. The quantitative estimate of drug-likeness (QED) is 0.441. The number of sulfonamides is 1. The van der Waals surface area contributed by atoms with E-state index >= 15 is 0 Å². The van der Waals surface area contributed by atoms with Gasteiger partial charge in [-0.2, -0.15) is 0 Å². The van der Waals surface area contributed by atoms with Crippen molar-refractivity contribution in [2.75, 3.05) is 16.6 Å². The Bertz CT molecular complexity index is 1300. The fraction of sp³-hybridized carbons (Fsp3) is 0.259. The Labute approximate surface area is 195 Å². The molecule has 1 aliphatic heterocycles. The van der Waals surface area contributed by atoms with Gasteiger partial charge < -0.3 is 10.1 Å². The Balaban J connectivity index is 1.44. The monoisotopic (exact) mass is 460 g/mol. The normalized spacial score (nSPS) is 21.1. The predicted molar refractivity (Wildman–Crippen MR) is 132 cm³/mol. The summed E-state index contributed by atoms with van der Waals surface area (Å²) in [6.45, 7) is 4.59. The number of fused-ring (bicyclic) bond motifs is 3. The van der Waals surface area contributed by atoms with Crippen molar-refractivity contribution < 1.29 is 13.2 Å². The van der Waals surface area contributed by atoms with E-state index in [1.807, 2.05) is 19.1 Å². The minimum absolute atomic E-state index is 0.187. The van der Waals surface area contributed by atoms with Gasteiger partial charge in [0.15, 0.2) is 0 Å². The molecule has 0 saturated carbocycles. The van der Waals surface area contributed by atoms with Gasteiger partial charge in [-0.1, -0.05) is 42.0 Å². The molecule has 3 atom stereocenters. The van der Waals surface area contributed by atoms with Crippen LogP contribution in [-0.2, 0) is 10.0 Å². The first-order valence-corrected chi connectivity index (χ1v) is 12.8. The van der Waals surface area contributed by atoms with Crippen molar-refractivity contribution in [2.24, 2.45) is 5.92 Å². The topological polar surface area (TPSA) is 67.4 Å². The number of aryl methyl sites for hydroxylation is 1. The lowest BCUT2D eigenvalue weighted by Crippen LogP contribution is -2.29. The molecule has 0 aromatic heterocycles. The number of rotatable bonds is 6. The molecule has 0 amide bonds. The molecule has 1 heterocycles. The lowest BCUT2D eigenvalue weighted by Gasteiger charge is -2.37. The van der Waals surface area contributed by atoms with Gasteiger partial charge in [-0.15, -0.1) is 0 Å². The summed E-state index contributed by atoms with van der Waals surface area (Å²) < 4.78 is 34.4. The molecule has 0 radical (unpaired) electrons. The Kier molecular flexibility index (Phi) is 5.62. The van der Waals surface area contributed by atoms with Crippen LogP contribution in [0.15, 0.2) is 83.8 Å². The second-order valence-electron chi connectivity index (χ2n) is 8.70. The van der Waals surface area contributed by atoms with E-state index in [1.54, 1.807) is 30.3 Å². The van der Waals surface area contributed by atoms with Gasteiger partial charge in [0.05, 0.1) is 17.5 Å². The molecule has 6 heteroatoms. The molecular weight excluding hydrogens is 432 g/mol. The fourth-order valence-electron chi connectivity index (χ4n) is 4.93. The number of hydrogen-bond donors (Lipinski definition) is 2. The molecule has 1 aliphatic carbocycles. The summed E-state index contributed by atoms with van der Waals surface area (Å²) in [4.78, 5) is 0.269. The van der Waals surface area contributed by atoms with E-state index in [4.69, 9.17) is 4.74 Å². The van der Waals surface area contributed by atoms with Crippen molar-refractivity contribution in [3.05, 3.63) is 95.6 Å². The Hall–Kier alpha value is -3.25. The van der Waals surface area contributed by atoms with Gasteiger partial charge in [0.2, 0.25) is 0 Å². The SMILES string of the molecule is CCOc1ccc(NS(=O)(=O)c2ccc3c(c2)[C@H]2C=CC[C@H]2[C@@H](c2cccc(C)c2)N3)cc1. The molecular formula is C27H28N2O3S. The van der Waals surface area contributed by atoms with Gasteiger partial charge >= 0.3 is 0 Å². The van der Waals surface area contributed by atoms with Crippen LogP contribution in [0.1, 0.15) is 42.0 Å². The number of ether oxygens (including phenoxy) is 1. The summed E-state index contributed by atoms with van der Waals surface area (Å²) in [6.07, 6.45) is 5.41. The molecule has 5 rings (SSSR count). The third-order valence-corrected chi connectivity index (χ3v) is 7.84. The Morgan fingerprint density at radius 2 is 1.88 bits per heavy atom. The van der Waals surface area contributed by atoms with Crippen LogP contribution in [0.4, 0.5) is 11.4 Å². The average Bonchev–Trinajstić information content (AvgIpc) is 3.30. The molecule has 33 heavy (non-hydrogen) atoms. The van der Waals surface area contributed by atoms with E-state index in [9.17, 15) is 8.42 Å². The standard InChI is InChI=1S/C27H28N2O3S/c1-3-32-21-12-10-20(11-13-21)29-33(30,31)22-14-15-26-25(17-22)23-8-5-9-24(23)27(28-26)19-7-4-6-18(2)16-19/h4-8,10-17,23-24,27-29H,3,9H2,1-2H3/t23-,24+,27+/m0/s1. The molecule has 170 valence electrons. The van der Waals surface area contributed by atoms with E-state index < -0.39 is 10.0 Å². The van der Waals surface area contributed by atoms with E-state index in [-0.39, 0.29) is 16.9 Å². The summed E-state index contributed by atoms with van der Waals surface area (Å²) in [5, 5.41) is 3.69. The molecule has 3 aromatic rings. The average molecular weight is 461 g/mol. The highest BCUT2D eigenvalue weighted by Crippen LogP contribution is 2.50. The molecule has 0 fully saturated rings. The van der Waals surface area contributed by atoms with Gasteiger partial charge in [0.1, 0.15) is 5.75 Å². The summed E-state index contributed by atoms with van der Waals surface area (Å²) in [7, 11) is -3.71. The Morgan fingerprint density at radius 1 is 1.06 bits per heavy atom. The third kappa shape index (κ3) is 4.23. The maximum atomic E-state index is 13.1. The maximum absolute atomic E-state index is 13.1. The van der Waals surface area contributed by atoms with Crippen LogP contribution in [0.25, 0.3) is 0 Å². The molecule has 0 spiro atoms. The fourth-order valence-corrected chi connectivity index (χ4v) is 6.03. The number of anilines is 2. The molecule has 0 unspecified atom stereocenters. The van der Waals surface area contributed by atoms with Crippen molar-refractivity contribution >= 4 is 21.4 Å². The smallest absolute Gasteiger partial charge is 0.261 e. The van der Waals surface area contributed by atoms with Crippen molar-refractivity contribution in [3.8, 4) is 5.75 Å². The van der Waals surface area contributed by atoms with Gasteiger partial charge in [-0.25, -0.2) is 8.42 Å². The minimum Gasteiger partial charge on any atom is -0.494 e. The van der Waals surface area contributed by atoms with Crippen LogP contribution in [0.2, 0.25) is 0 Å². The van der Waals surface area contributed by atoms with Crippen molar-refractivity contribution in [2.45, 2.75) is 37.1 Å². The van der Waals surface area contributed by atoms with Crippen LogP contribution < -0.4 is 14.8 Å². The van der Waals surface area contributed by atoms with Crippen molar-refractivity contribution in [1.82, 2.24) is 0 Å². The number of hydrogen-bond acceptors (Lipinski definition) is 4. The molecule has 0 bridgehead atoms. The van der Waals surface area contributed by atoms with E-state index in [0.29, 0.717) is 24.0 Å². The minimum atomic E-state index is -3.71. The molecule has 0 saturated heterocycles. The van der Waals surface area contributed by atoms with Gasteiger partial charge in [0.25, 0.3) is 10.0 Å². The highest BCUT2D eigenvalue weighted by molar-refractivity contribution is 7.92. The zero-order valence-electron chi connectivity index (χ0n) is 18.8. The van der Waals surface area contributed by atoms with Crippen molar-refractivity contribution in [1.29, 1.82) is 0 Å². The highest BCUT2D eigenvalue weighted by atomic mass is 32.2. The second kappa shape index (κ2) is 8.60. The first-order valence-electron chi connectivity index (χ1n) is 11.3. The van der Waals surface area contributed by atoms with Crippen molar-refractivity contribution in [3.63, 3.8) is 0 Å². The number of nitrogens with one attached hydrogen (secondary N) is 2. The third-order valence-electron chi connectivity index (χ3n) is 6.46. The molecule has 2 N–H and O–H groups in total. The first kappa shape index (κ1) is 21.6. The predicted octanol–water partition coefficient (Wildman–Crippen LogP) is 6.02. The van der Waals surface area contributed by atoms with Crippen LogP contribution in [0.5, 0.6) is 5.75 Å². The summed E-state index contributed by atoms with van der Waals surface area (Å²) >= 11 is 0. The van der Waals surface area contributed by atoms with Gasteiger partial charge in [-0.05, 0) is 79.8 Å². The van der Waals surface area contributed by atoms with Crippen LogP contribution >= 0.6 is 0 Å². The van der Waals surface area contributed by atoms with Gasteiger partial charge in [-0.3, -0.25) is 4.72 Å². The second-order valence-corrected chi connectivity index (χ2v) is 10.4. The Morgan fingerprint density at radius 3 is 2.64 bits per heavy atom. The largest absolute Gasteiger partial charge is 0.494 e. The molecule has 2 aliphatic rings. The van der Waals surface area contributed by atoms with Crippen LogP contribution in [0.3, 0.4) is 0 Å². The summed E-state index contributed by atoms with van der Waals surface area (Å²) in [6, 6.07) is 21.1. The summed E-state index contributed by atoms with van der Waals surface area (Å²) in [5.74, 6) is 1.26. The number of allylic oxidation sites excluding steroid dienone is 2. The zero-order chi connectivity index (χ0) is 23.0. The van der Waals surface area contributed by atoms with E-state index in [2.05, 4.69) is 53.4 Å². The zero-order valence-corrected chi connectivity index (χ0v) is 19.6. The van der Waals surface area contributed by atoms with E-state index in [1.165, 1.54) is 11.1 Å². The van der Waals surface area contributed by atoms with E-state index in [0.717, 1.165) is 17.7 Å². The first-order chi connectivity index (χ1) is 15.9. The highest BCUT2D eigenvalue weighted by Gasteiger charge is 2.38.